The molecule has 0 atom stereocenters. The third-order valence-electron chi connectivity index (χ3n) is 1.95. The molecular weight excluding hydrogens is 308 g/mol. The van der Waals surface area contributed by atoms with Gasteiger partial charge in [0.15, 0.2) is 0 Å². The van der Waals surface area contributed by atoms with Gasteiger partial charge in [-0.15, -0.1) is 11.3 Å². The fourth-order valence-electron chi connectivity index (χ4n) is 1.20. The van der Waals surface area contributed by atoms with Crippen LogP contribution in [-0.2, 0) is 0 Å². The predicted octanol–water partition coefficient (Wildman–Crippen LogP) is 2.79. The van der Waals surface area contributed by atoms with E-state index in [1.807, 2.05) is 0 Å². The SMILES string of the molecule is O=C(Nc1ccc(C(=O)O)s1)c1cc(Br)c[nH]1. The first-order valence-corrected chi connectivity index (χ1v) is 6.15. The van der Waals surface area contributed by atoms with Crippen molar-refractivity contribution in [2.45, 2.75) is 0 Å². The highest BCUT2D eigenvalue weighted by molar-refractivity contribution is 9.10. The van der Waals surface area contributed by atoms with E-state index in [1.54, 1.807) is 18.3 Å². The number of hydrogen-bond acceptors (Lipinski definition) is 3. The second-order valence-corrected chi connectivity index (χ2v) is 5.15. The third kappa shape index (κ3) is 2.75. The van der Waals surface area contributed by atoms with Crippen LogP contribution in [0.15, 0.2) is 28.9 Å². The summed E-state index contributed by atoms with van der Waals surface area (Å²) in [4.78, 5) is 25.3. The number of carboxylic acid groups (broad SMARTS) is 1. The molecule has 3 N–H and O–H groups in total. The maximum atomic E-state index is 11.7. The molecule has 5 nitrogen and oxygen atoms in total. The number of aromatic amines is 1. The number of amides is 1. The molecular formula is C10H7BrN2O3S. The van der Waals surface area contributed by atoms with Crippen molar-refractivity contribution in [3.05, 3.63) is 39.4 Å². The van der Waals surface area contributed by atoms with E-state index >= 15 is 0 Å². The monoisotopic (exact) mass is 314 g/mol. The summed E-state index contributed by atoms with van der Waals surface area (Å²) in [7, 11) is 0. The Hall–Kier alpha value is -1.60. The van der Waals surface area contributed by atoms with Gasteiger partial charge in [0.25, 0.3) is 5.91 Å². The summed E-state index contributed by atoms with van der Waals surface area (Å²) in [5.41, 5.74) is 0.405. The number of carboxylic acids is 1. The van der Waals surface area contributed by atoms with E-state index in [-0.39, 0.29) is 10.8 Å². The molecule has 0 radical (unpaired) electrons. The predicted molar refractivity (Wildman–Crippen MR) is 67.7 cm³/mol. The molecule has 2 rings (SSSR count). The Morgan fingerprint density at radius 3 is 2.71 bits per heavy atom. The molecule has 2 aromatic heterocycles. The van der Waals surface area contributed by atoms with Gasteiger partial charge in [-0.3, -0.25) is 4.79 Å². The molecule has 0 bridgehead atoms. The first-order chi connectivity index (χ1) is 8.06. The summed E-state index contributed by atoms with van der Waals surface area (Å²) in [5, 5.41) is 11.8. The van der Waals surface area contributed by atoms with Gasteiger partial charge in [0.1, 0.15) is 10.6 Å². The van der Waals surface area contributed by atoms with E-state index in [1.165, 1.54) is 6.07 Å². The molecule has 88 valence electrons. The van der Waals surface area contributed by atoms with Crippen LogP contribution in [0, 0.1) is 0 Å². The number of thiophene rings is 1. The van der Waals surface area contributed by atoms with E-state index in [0.717, 1.165) is 15.8 Å². The van der Waals surface area contributed by atoms with Crippen LogP contribution in [0.4, 0.5) is 5.00 Å². The minimum Gasteiger partial charge on any atom is -0.477 e. The van der Waals surface area contributed by atoms with Crippen molar-refractivity contribution in [2.75, 3.05) is 5.32 Å². The van der Waals surface area contributed by atoms with Gasteiger partial charge in [-0.2, -0.15) is 0 Å². The average molecular weight is 315 g/mol. The van der Waals surface area contributed by atoms with Crippen LogP contribution in [0.5, 0.6) is 0 Å². The molecule has 0 saturated heterocycles. The Bertz CT molecular complexity index is 576. The largest absolute Gasteiger partial charge is 0.477 e. The van der Waals surface area contributed by atoms with Gasteiger partial charge in [0.05, 0.1) is 5.00 Å². The number of rotatable bonds is 3. The summed E-state index contributed by atoms with van der Waals surface area (Å²) < 4.78 is 0.778. The molecule has 0 aliphatic rings. The van der Waals surface area contributed by atoms with Crippen LogP contribution in [0.3, 0.4) is 0 Å². The summed E-state index contributed by atoms with van der Waals surface area (Å²) in [5.74, 6) is -1.31. The molecule has 0 spiro atoms. The highest BCUT2D eigenvalue weighted by Gasteiger charge is 2.11. The fraction of sp³-hybridized carbons (Fsp3) is 0. The molecule has 0 aromatic carbocycles. The van der Waals surface area contributed by atoms with Crippen LogP contribution in [-0.4, -0.2) is 22.0 Å². The lowest BCUT2D eigenvalue weighted by atomic mass is 10.4. The van der Waals surface area contributed by atoms with Gasteiger partial charge in [0, 0.05) is 10.7 Å². The van der Waals surface area contributed by atoms with Gasteiger partial charge < -0.3 is 15.4 Å². The molecule has 2 aromatic rings. The minimum absolute atomic E-state index is 0.188. The van der Waals surface area contributed by atoms with Crippen molar-refractivity contribution in [3.63, 3.8) is 0 Å². The number of carbonyl (C=O) groups is 2. The molecule has 7 heteroatoms. The van der Waals surface area contributed by atoms with Crippen LogP contribution >= 0.6 is 27.3 Å². The Kier molecular flexibility index (Phi) is 3.30. The number of halogens is 1. The van der Waals surface area contributed by atoms with Crippen LogP contribution < -0.4 is 5.32 Å². The van der Waals surface area contributed by atoms with E-state index in [0.29, 0.717) is 10.7 Å². The average Bonchev–Trinajstić information content (AvgIpc) is 2.86. The van der Waals surface area contributed by atoms with Gasteiger partial charge in [-0.1, -0.05) is 0 Å². The Morgan fingerprint density at radius 2 is 2.18 bits per heavy atom. The van der Waals surface area contributed by atoms with Crippen molar-refractivity contribution >= 4 is 44.1 Å². The van der Waals surface area contributed by atoms with Gasteiger partial charge in [-0.25, -0.2) is 4.79 Å². The second-order valence-electron chi connectivity index (χ2n) is 3.15. The quantitative estimate of drug-likeness (QED) is 0.814. The fourth-order valence-corrected chi connectivity index (χ4v) is 2.28. The zero-order chi connectivity index (χ0) is 12.4. The van der Waals surface area contributed by atoms with Crippen LogP contribution in [0.1, 0.15) is 20.2 Å². The molecule has 0 saturated carbocycles. The molecule has 0 aliphatic heterocycles. The van der Waals surface area contributed by atoms with Gasteiger partial charge >= 0.3 is 5.97 Å². The molecule has 1 amide bonds. The van der Waals surface area contributed by atoms with Crippen LogP contribution in [0.2, 0.25) is 0 Å². The number of aromatic carboxylic acids is 1. The Labute approximate surface area is 109 Å². The Balaban J connectivity index is 2.10. The second kappa shape index (κ2) is 4.72. The maximum Gasteiger partial charge on any atom is 0.345 e. The van der Waals surface area contributed by atoms with Crippen molar-refractivity contribution < 1.29 is 14.7 Å². The zero-order valence-electron chi connectivity index (χ0n) is 8.36. The van der Waals surface area contributed by atoms with Gasteiger partial charge in [0.2, 0.25) is 0 Å². The zero-order valence-corrected chi connectivity index (χ0v) is 10.8. The van der Waals surface area contributed by atoms with Crippen molar-refractivity contribution in [3.8, 4) is 0 Å². The smallest absolute Gasteiger partial charge is 0.345 e. The lowest BCUT2D eigenvalue weighted by molar-refractivity contribution is 0.0702. The number of H-pyrrole nitrogens is 1. The molecule has 0 aliphatic carbocycles. The highest BCUT2D eigenvalue weighted by atomic mass is 79.9. The number of nitrogens with one attached hydrogen (secondary N) is 2. The number of aromatic nitrogens is 1. The highest BCUT2D eigenvalue weighted by Crippen LogP contribution is 2.22. The minimum atomic E-state index is -1.00. The normalized spacial score (nSPS) is 10.2. The summed E-state index contributed by atoms with van der Waals surface area (Å²) in [6.45, 7) is 0. The van der Waals surface area contributed by atoms with Crippen molar-refractivity contribution in [2.24, 2.45) is 0 Å². The summed E-state index contributed by atoms with van der Waals surface area (Å²) in [6, 6.07) is 4.65. The number of anilines is 1. The van der Waals surface area contributed by atoms with Gasteiger partial charge in [-0.05, 0) is 34.1 Å². The molecule has 17 heavy (non-hydrogen) atoms. The van der Waals surface area contributed by atoms with E-state index in [9.17, 15) is 9.59 Å². The van der Waals surface area contributed by atoms with Crippen molar-refractivity contribution in [1.82, 2.24) is 4.98 Å². The van der Waals surface area contributed by atoms with E-state index < -0.39 is 5.97 Å². The standard InChI is InChI=1S/C10H7BrN2O3S/c11-5-3-6(12-4-5)9(14)13-8-2-1-7(17-8)10(15)16/h1-4,12H,(H,13,14)(H,15,16). The summed E-state index contributed by atoms with van der Waals surface area (Å²) in [6.07, 6.45) is 1.64. The molecule has 0 fully saturated rings. The molecule has 0 unspecified atom stereocenters. The topological polar surface area (TPSA) is 82.2 Å². The van der Waals surface area contributed by atoms with E-state index in [2.05, 4.69) is 26.2 Å². The maximum absolute atomic E-state index is 11.7. The Morgan fingerprint density at radius 1 is 1.41 bits per heavy atom. The first-order valence-electron chi connectivity index (χ1n) is 4.54. The number of hydrogen-bond donors (Lipinski definition) is 3. The lowest BCUT2D eigenvalue weighted by Crippen LogP contribution is -2.10. The molecule has 2 heterocycles. The van der Waals surface area contributed by atoms with Crippen LogP contribution in [0.25, 0.3) is 0 Å². The third-order valence-corrected chi connectivity index (χ3v) is 3.39. The first kappa shape index (κ1) is 11.9. The summed E-state index contributed by atoms with van der Waals surface area (Å²) >= 11 is 4.24. The van der Waals surface area contributed by atoms with Crippen molar-refractivity contribution in [1.29, 1.82) is 0 Å². The lowest BCUT2D eigenvalue weighted by Gasteiger charge is -1.98. The van der Waals surface area contributed by atoms with E-state index in [4.69, 9.17) is 5.11 Å². The number of carbonyl (C=O) groups excluding carboxylic acids is 1.